The first kappa shape index (κ1) is 17.7. The number of fused-ring (bicyclic) bond motifs is 1. The van der Waals surface area contributed by atoms with Crippen LogP contribution < -0.4 is 0 Å². The predicted octanol–water partition coefficient (Wildman–Crippen LogP) is 3.44. The van der Waals surface area contributed by atoms with Crippen molar-refractivity contribution < 1.29 is 14.7 Å². The van der Waals surface area contributed by atoms with Gasteiger partial charge in [0, 0.05) is 23.6 Å². The molecule has 0 aliphatic carbocycles. The van der Waals surface area contributed by atoms with E-state index in [4.69, 9.17) is 0 Å². The third kappa shape index (κ3) is 3.77. The minimum Gasteiger partial charge on any atom is -0.480 e. The van der Waals surface area contributed by atoms with E-state index in [2.05, 4.69) is 4.98 Å². The normalized spacial score (nSPS) is 10.8. The number of H-pyrrole nitrogens is 1. The molecule has 134 valence electrons. The van der Waals surface area contributed by atoms with E-state index >= 15 is 0 Å². The molecule has 1 aromatic heterocycles. The van der Waals surface area contributed by atoms with Gasteiger partial charge in [-0.05, 0) is 42.2 Å². The van der Waals surface area contributed by atoms with Crippen molar-refractivity contribution in [3.05, 3.63) is 70.9 Å². The fraction of sp³-hybridized carbons (Fsp3) is 0.238. The summed E-state index contributed by atoms with van der Waals surface area (Å²) in [6.07, 6.45) is 2.01. The topological polar surface area (TPSA) is 73.4 Å². The molecule has 0 unspecified atom stereocenters. The van der Waals surface area contributed by atoms with Crippen molar-refractivity contribution in [3.8, 4) is 0 Å². The molecule has 0 spiro atoms. The monoisotopic (exact) mass is 350 g/mol. The van der Waals surface area contributed by atoms with Gasteiger partial charge in [-0.3, -0.25) is 9.59 Å². The predicted molar refractivity (Wildman–Crippen MR) is 101 cm³/mol. The summed E-state index contributed by atoms with van der Waals surface area (Å²) in [5.41, 5.74) is 4.96. The fourth-order valence-electron chi connectivity index (χ4n) is 3.25. The number of benzene rings is 2. The number of hydrogen-bond donors (Lipinski definition) is 2. The maximum atomic E-state index is 12.9. The molecule has 5 nitrogen and oxygen atoms in total. The molecule has 0 aliphatic rings. The lowest BCUT2D eigenvalue weighted by Gasteiger charge is -2.22. The first-order valence-electron chi connectivity index (χ1n) is 8.55. The lowest BCUT2D eigenvalue weighted by atomic mass is 10.0. The lowest BCUT2D eigenvalue weighted by Crippen LogP contribution is -2.36. The number of aromatic nitrogens is 1. The van der Waals surface area contributed by atoms with Crippen LogP contribution >= 0.6 is 0 Å². The fourth-order valence-corrected chi connectivity index (χ4v) is 3.25. The van der Waals surface area contributed by atoms with Crippen LogP contribution in [0, 0.1) is 13.8 Å². The number of amides is 1. The molecule has 3 aromatic rings. The van der Waals surface area contributed by atoms with Gasteiger partial charge >= 0.3 is 5.97 Å². The molecule has 0 fully saturated rings. The van der Waals surface area contributed by atoms with Crippen LogP contribution in [0.3, 0.4) is 0 Å². The quantitative estimate of drug-likeness (QED) is 0.715. The molecule has 26 heavy (non-hydrogen) atoms. The zero-order valence-electron chi connectivity index (χ0n) is 15.0. The highest BCUT2D eigenvalue weighted by molar-refractivity contribution is 5.91. The number of carboxylic acids is 1. The van der Waals surface area contributed by atoms with Gasteiger partial charge in [0.15, 0.2) is 0 Å². The number of hydrogen-bond acceptors (Lipinski definition) is 2. The van der Waals surface area contributed by atoms with Crippen LogP contribution in [0.2, 0.25) is 0 Å². The zero-order chi connectivity index (χ0) is 18.7. The van der Waals surface area contributed by atoms with Gasteiger partial charge in [-0.2, -0.15) is 0 Å². The number of aliphatic carboxylic acids is 1. The number of nitrogens with zero attached hydrogens (tertiary/aromatic N) is 1. The summed E-state index contributed by atoms with van der Waals surface area (Å²) < 4.78 is 0. The summed E-state index contributed by atoms with van der Waals surface area (Å²) in [6, 6.07) is 13.7. The van der Waals surface area contributed by atoms with Crippen LogP contribution in [0.15, 0.2) is 48.7 Å². The van der Waals surface area contributed by atoms with Crippen LogP contribution in [0.5, 0.6) is 0 Å². The van der Waals surface area contributed by atoms with Gasteiger partial charge in [0.25, 0.3) is 0 Å². The molecule has 2 aromatic carbocycles. The van der Waals surface area contributed by atoms with E-state index in [-0.39, 0.29) is 18.9 Å². The Morgan fingerprint density at radius 1 is 1.00 bits per heavy atom. The first-order chi connectivity index (χ1) is 12.5. The third-order valence-corrected chi connectivity index (χ3v) is 4.64. The Kier molecular flexibility index (Phi) is 5.07. The molecule has 0 saturated carbocycles. The number of aryl methyl sites for hydroxylation is 2. The highest BCUT2D eigenvalue weighted by Crippen LogP contribution is 2.23. The highest BCUT2D eigenvalue weighted by Gasteiger charge is 2.20. The van der Waals surface area contributed by atoms with E-state index in [9.17, 15) is 14.7 Å². The van der Waals surface area contributed by atoms with E-state index in [0.29, 0.717) is 6.54 Å². The van der Waals surface area contributed by atoms with Gasteiger partial charge in [0.2, 0.25) is 5.91 Å². The minimum absolute atomic E-state index is 0.171. The van der Waals surface area contributed by atoms with Crippen molar-refractivity contribution in [1.82, 2.24) is 9.88 Å². The molecule has 3 rings (SSSR count). The van der Waals surface area contributed by atoms with E-state index in [1.54, 1.807) is 0 Å². The van der Waals surface area contributed by atoms with Crippen molar-refractivity contribution >= 4 is 22.8 Å². The molecule has 0 atom stereocenters. The minimum atomic E-state index is -1.01. The van der Waals surface area contributed by atoms with Gasteiger partial charge in [0.1, 0.15) is 6.54 Å². The van der Waals surface area contributed by atoms with Crippen LogP contribution in [0.25, 0.3) is 10.9 Å². The maximum absolute atomic E-state index is 12.9. The summed E-state index contributed by atoms with van der Waals surface area (Å²) in [4.78, 5) is 28.7. The Morgan fingerprint density at radius 3 is 2.46 bits per heavy atom. The zero-order valence-corrected chi connectivity index (χ0v) is 15.0. The number of carboxylic acid groups (broad SMARTS) is 1. The smallest absolute Gasteiger partial charge is 0.323 e. The van der Waals surface area contributed by atoms with Crippen LogP contribution in [-0.4, -0.2) is 33.4 Å². The molecule has 0 saturated heterocycles. The highest BCUT2D eigenvalue weighted by atomic mass is 16.4. The summed E-state index contributed by atoms with van der Waals surface area (Å²) >= 11 is 0. The third-order valence-electron chi connectivity index (χ3n) is 4.64. The van der Waals surface area contributed by atoms with Crippen LogP contribution in [0.1, 0.15) is 22.3 Å². The van der Waals surface area contributed by atoms with Gasteiger partial charge in [-0.15, -0.1) is 0 Å². The molecular weight excluding hydrogens is 328 g/mol. The second-order valence-electron chi connectivity index (χ2n) is 6.56. The number of aromatic amines is 1. The number of carbonyl (C=O) groups is 2. The van der Waals surface area contributed by atoms with Crippen LogP contribution in [-0.2, 0) is 22.6 Å². The summed E-state index contributed by atoms with van der Waals surface area (Å²) in [7, 11) is 0. The van der Waals surface area contributed by atoms with E-state index in [0.717, 1.165) is 33.2 Å². The second kappa shape index (κ2) is 7.44. The molecule has 0 radical (unpaired) electrons. The second-order valence-corrected chi connectivity index (χ2v) is 6.56. The molecule has 0 bridgehead atoms. The number of carbonyl (C=O) groups excluding carboxylic acids is 1. The van der Waals surface area contributed by atoms with Crippen molar-refractivity contribution in [1.29, 1.82) is 0 Å². The lowest BCUT2D eigenvalue weighted by molar-refractivity contribution is -0.144. The van der Waals surface area contributed by atoms with Crippen molar-refractivity contribution in [3.63, 3.8) is 0 Å². The Balaban J connectivity index is 1.85. The maximum Gasteiger partial charge on any atom is 0.323 e. The van der Waals surface area contributed by atoms with Crippen molar-refractivity contribution in [2.45, 2.75) is 26.8 Å². The van der Waals surface area contributed by atoms with E-state index in [1.165, 1.54) is 4.90 Å². The molecule has 0 aliphatic heterocycles. The number of rotatable bonds is 6. The van der Waals surface area contributed by atoms with Crippen molar-refractivity contribution in [2.24, 2.45) is 0 Å². The molecule has 5 heteroatoms. The summed E-state index contributed by atoms with van der Waals surface area (Å²) in [6.45, 7) is 3.95. The van der Waals surface area contributed by atoms with Crippen LogP contribution in [0.4, 0.5) is 0 Å². The van der Waals surface area contributed by atoms with Gasteiger partial charge < -0.3 is 15.0 Å². The SMILES string of the molecule is Cc1ccccc1CN(CC(=O)O)C(=O)Cc1c[nH]c2cccc(C)c12. The average Bonchev–Trinajstić information content (AvgIpc) is 3.00. The van der Waals surface area contributed by atoms with Gasteiger partial charge in [-0.1, -0.05) is 36.4 Å². The van der Waals surface area contributed by atoms with Gasteiger partial charge in [0.05, 0.1) is 6.42 Å². The van der Waals surface area contributed by atoms with Crippen molar-refractivity contribution in [2.75, 3.05) is 6.54 Å². The standard InChI is InChI=1S/C21H22N2O3/c1-14-6-3-4-8-16(14)12-23(13-20(25)26)19(24)10-17-11-22-18-9-5-7-15(2)21(17)18/h3-9,11,22H,10,12-13H2,1-2H3,(H,25,26). The summed E-state index contributed by atoms with van der Waals surface area (Å²) in [5, 5.41) is 10.3. The Hall–Kier alpha value is -3.08. The Bertz CT molecular complexity index is 959. The number of nitrogens with one attached hydrogen (secondary N) is 1. The van der Waals surface area contributed by atoms with Gasteiger partial charge in [-0.25, -0.2) is 0 Å². The molecule has 2 N–H and O–H groups in total. The first-order valence-corrected chi connectivity index (χ1v) is 8.55. The average molecular weight is 350 g/mol. The summed E-state index contributed by atoms with van der Waals surface area (Å²) in [5.74, 6) is -1.21. The largest absolute Gasteiger partial charge is 0.480 e. The molecule has 1 amide bonds. The Labute approximate surface area is 152 Å². The van der Waals surface area contributed by atoms with E-state index in [1.807, 2.05) is 62.5 Å². The van der Waals surface area contributed by atoms with E-state index < -0.39 is 5.97 Å². The molecular formula is C21H22N2O3. The molecule has 1 heterocycles. The Morgan fingerprint density at radius 2 is 1.73 bits per heavy atom.